The molecule has 0 aromatic carbocycles. The molecular formula is C13H24N2OS. The molecule has 3 nitrogen and oxygen atoms in total. The van der Waals surface area contributed by atoms with Crippen LogP contribution in [-0.4, -0.2) is 37.0 Å². The van der Waals surface area contributed by atoms with Crippen LogP contribution in [0.25, 0.3) is 0 Å². The van der Waals surface area contributed by atoms with Gasteiger partial charge in [-0.1, -0.05) is 6.92 Å². The molecule has 0 bridgehead atoms. The topological polar surface area (TPSA) is 41.1 Å². The van der Waals surface area contributed by atoms with Crippen molar-refractivity contribution in [3.63, 3.8) is 0 Å². The molecule has 2 aliphatic rings. The first-order valence-electron chi connectivity index (χ1n) is 6.83. The van der Waals surface area contributed by atoms with Gasteiger partial charge >= 0.3 is 0 Å². The molecule has 2 saturated heterocycles. The molecule has 0 saturated carbocycles. The van der Waals surface area contributed by atoms with E-state index in [0.29, 0.717) is 11.8 Å². The summed E-state index contributed by atoms with van der Waals surface area (Å²) in [7, 11) is 0. The predicted molar refractivity (Wildman–Crippen MR) is 73.3 cm³/mol. The second-order valence-corrected chi connectivity index (χ2v) is 6.47. The summed E-state index contributed by atoms with van der Waals surface area (Å²) in [6, 6.07) is 0. The lowest BCUT2D eigenvalue weighted by Gasteiger charge is -2.35. The number of rotatable bonds is 4. The molecule has 2 fully saturated rings. The van der Waals surface area contributed by atoms with Crippen molar-refractivity contribution >= 4 is 17.7 Å². The Bertz CT molecular complexity index is 258. The molecular weight excluding hydrogens is 232 g/mol. The summed E-state index contributed by atoms with van der Waals surface area (Å²) in [6.07, 6.45) is 4.23. The minimum Gasteiger partial charge on any atom is -0.355 e. The van der Waals surface area contributed by atoms with Gasteiger partial charge in [-0.3, -0.25) is 4.79 Å². The van der Waals surface area contributed by atoms with Crippen LogP contribution < -0.4 is 10.6 Å². The normalized spacial score (nSPS) is 27.9. The van der Waals surface area contributed by atoms with Crippen molar-refractivity contribution in [2.75, 3.05) is 31.1 Å². The number of hydrogen-bond donors (Lipinski definition) is 2. The van der Waals surface area contributed by atoms with Gasteiger partial charge in [-0.15, -0.1) is 0 Å². The number of carbonyl (C=O) groups is 1. The molecule has 4 heteroatoms. The van der Waals surface area contributed by atoms with E-state index in [9.17, 15) is 4.79 Å². The summed E-state index contributed by atoms with van der Waals surface area (Å²) >= 11 is 2.01. The van der Waals surface area contributed by atoms with Crippen LogP contribution in [-0.2, 0) is 4.79 Å². The van der Waals surface area contributed by atoms with Crippen molar-refractivity contribution in [2.24, 2.45) is 11.3 Å². The Kier molecular flexibility index (Phi) is 4.74. The average molecular weight is 256 g/mol. The smallest absolute Gasteiger partial charge is 0.226 e. The molecule has 0 aliphatic carbocycles. The maximum absolute atomic E-state index is 12.4. The summed E-state index contributed by atoms with van der Waals surface area (Å²) in [4.78, 5) is 12.4. The number of carbonyl (C=O) groups excluding carboxylic acids is 1. The lowest BCUT2D eigenvalue weighted by atomic mass is 9.76. The molecule has 2 aliphatic heterocycles. The van der Waals surface area contributed by atoms with Gasteiger partial charge in [-0.25, -0.2) is 0 Å². The van der Waals surface area contributed by atoms with Gasteiger partial charge in [-0.2, -0.15) is 11.8 Å². The zero-order valence-electron chi connectivity index (χ0n) is 10.8. The average Bonchev–Trinajstić information content (AvgIpc) is 2.90. The number of hydrogen-bond acceptors (Lipinski definition) is 3. The first kappa shape index (κ1) is 13.2. The fourth-order valence-corrected chi connectivity index (χ4v) is 4.10. The van der Waals surface area contributed by atoms with Crippen LogP contribution in [0.2, 0.25) is 0 Å². The van der Waals surface area contributed by atoms with E-state index in [1.165, 1.54) is 17.9 Å². The summed E-state index contributed by atoms with van der Waals surface area (Å²) < 4.78 is 0. The van der Waals surface area contributed by atoms with E-state index in [2.05, 4.69) is 17.6 Å². The van der Waals surface area contributed by atoms with Crippen LogP contribution >= 0.6 is 11.8 Å². The highest BCUT2D eigenvalue weighted by Gasteiger charge is 2.37. The second kappa shape index (κ2) is 6.10. The van der Waals surface area contributed by atoms with Crippen molar-refractivity contribution in [2.45, 2.75) is 32.6 Å². The third-order valence-electron chi connectivity index (χ3n) is 4.29. The van der Waals surface area contributed by atoms with Gasteiger partial charge in [-0.05, 0) is 56.2 Å². The van der Waals surface area contributed by atoms with Crippen molar-refractivity contribution in [3.8, 4) is 0 Å². The summed E-state index contributed by atoms with van der Waals surface area (Å²) in [5, 5.41) is 6.55. The standard InChI is InChI=1S/C13H24N2OS/c1-2-13(4-6-14-7-5-13)12(16)15-9-11-3-8-17-10-11/h11,14H,2-10H2,1H3,(H,15,16). The van der Waals surface area contributed by atoms with E-state index in [1.807, 2.05) is 11.8 Å². The van der Waals surface area contributed by atoms with Crippen molar-refractivity contribution in [3.05, 3.63) is 0 Å². The third-order valence-corrected chi connectivity index (χ3v) is 5.53. The number of thioether (sulfide) groups is 1. The highest BCUT2D eigenvalue weighted by atomic mass is 32.2. The fourth-order valence-electron chi connectivity index (χ4n) is 2.82. The molecule has 2 rings (SSSR count). The summed E-state index contributed by atoms with van der Waals surface area (Å²) in [5.41, 5.74) is -0.0863. The number of nitrogens with one attached hydrogen (secondary N) is 2. The van der Waals surface area contributed by atoms with E-state index in [0.717, 1.165) is 38.9 Å². The SMILES string of the molecule is CCC1(C(=O)NCC2CCSC2)CCNCC1. The highest BCUT2D eigenvalue weighted by molar-refractivity contribution is 7.99. The maximum Gasteiger partial charge on any atom is 0.226 e. The molecule has 0 spiro atoms. The van der Waals surface area contributed by atoms with Gasteiger partial charge in [0.15, 0.2) is 0 Å². The van der Waals surface area contributed by atoms with Crippen LogP contribution in [0.4, 0.5) is 0 Å². The summed E-state index contributed by atoms with van der Waals surface area (Å²) in [5.74, 6) is 3.50. The Hall–Kier alpha value is -0.220. The van der Waals surface area contributed by atoms with Gasteiger partial charge < -0.3 is 10.6 Å². The molecule has 1 unspecified atom stereocenters. The zero-order chi connectivity index (χ0) is 12.1. The van der Waals surface area contributed by atoms with Crippen molar-refractivity contribution in [1.82, 2.24) is 10.6 Å². The van der Waals surface area contributed by atoms with E-state index in [4.69, 9.17) is 0 Å². The van der Waals surface area contributed by atoms with Crippen LogP contribution in [0.1, 0.15) is 32.6 Å². The lowest BCUT2D eigenvalue weighted by Crippen LogP contribution is -2.48. The first-order valence-corrected chi connectivity index (χ1v) is 7.99. The molecule has 1 atom stereocenters. The zero-order valence-corrected chi connectivity index (χ0v) is 11.6. The Morgan fingerprint density at radius 2 is 2.24 bits per heavy atom. The van der Waals surface area contributed by atoms with Gasteiger partial charge in [0.1, 0.15) is 0 Å². The Morgan fingerprint density at radius 3 is 2.82 bits per heavy atom. The molecule has 0 radical (unpaired) electrons. The molecule has 0 aromatic rings. The van der Waals surface area contributed by atoms with Crippen molar-refractivity contribution in [1.29, 1.82) is 0 Å². The molecule has 1 amide bonds. The lowest BCUT2D eigenvalue weighted by molar-refractivity contribution is -0.133. The Balaban J connectivity index is 1.83. The monoisotopic (exact) mass is 256 g/mol. The van der Waals surface area contributed by atoms with E-state index in [1.54, 1.807) is 0 Å². The molecule has 0 aromatic heterocycles. The number of amides is 1. The quantitative estimate of drug-likeness (QED) is 0.803. The molecule has 17 heavy (non-hydrogen) atoms. The van der Waals surface area contributed by atoms with E-state index < -0.39 is 0 Å². The number of piperidine rings is 1. The predicted octanol–water partition coefficient (Wildman–Crippen LogP) is 1.64. The highest BCUT2D eigenvalue weighted by Crippen LogP contribution is 2.33. The van der Waals surface area contributed by atoms with Crippen LogP contribution in [0, 0.1) is 11.3 Å². The largest absolute Gasteiger partial charge is 0.355 e. The minimum absolute atomic E-state index is 0.0863. The molecule has 2 N–H and O–H groups in total. The van der Waals surface area contributed by atoms with Crippen LogP contribution in [0.5, 0.6) is 0 Å². The maximum atomic E-state index is 12.4. The van der Waals surface area contributed by atoms with Crippen LogP contribution in [0.3, 0.4) is 0 Å². The first-order chi connectivity index (χ1) is 8.27. The fraction of sp³-hybridized carbons (Fsp3) is 0.923. The van der Waals surface area contributed by atoms with Gasteiger partial charge in [0, 0.05) is 6.54 Å². The van der Waals surface area contributed by atoms with E-state index in [-0.39, 0.29) is 5.41 Å². The van der Waals surface area contributed by atoms with Crippen LogP contribution in [0.15, 0.2) is 0 Å². The molecule has 98 valence electrons. The summed E-state index contributed by atoms with van der Waals surface area (Å²) in [6.45, 7) is 5.01. The van der Waals surface area contributed by atoms with Gasteiger partial charge in [0.25, 0.3) is 0 Å². The third kappa shape index (κ3) is 3.16. The molecule has 2 heterocycles. The Labute approximate surface area is 108 Å². The second-order valence-electron chi connectivity index (χ2n) is 5.32. The van der Waals surface area contributed by atoms with Gasteiger partial charge in [0.2, 0.25) is 5.91 Å². The van der Waals surface area contributed by atoms with Crippen molar-refractivity contribution < 1.29 is 4.79 Å². The minimum atomic E-state index is -0.0863. The van der Waals surface area contributed by atoms with E-state index >= 15 is 0 Å². The van der Waals surface area contributed by atoms with Gasteiger partial charge in [0.05, 0.1) is 5.41 Å². The Morgan fingerprint density at radius 1 is 1.47 bits per heavy atom.